The number of cyclic esters (lactones) is 1. The third kappa shape index (κ3) is 3.29. The molecule has 1 amide bonds. The van der Waals surface area contributed by atoms with E-state index < -0.39 is 18.4 Å². The predicted molar refractivity (Wildman–Crippen MR) is 87.8 cm³/mol. The minimum absolute atomic E-state index is 0.173. The minimum Gasteiger partial charge on any atom is -0.441 e. The lowest BCUT2D eigenvalue weighted by molar-refractivity contribution is 0.0963. The summed E-state index contributed by atoms with van der Waals surface area (Å²) in [5.74, 6) is -0.173. The number of carbonyl (C=O) groups is 1. The van der Waals surface area contributed by atoms with Crippen molar-refractivity contribution in [3.05, 3.63) is 35.7 Å². The van der Waals surface area contributed by atoms with Gasteiger partial charge in [0.2, 0.25) is 6.54 Å². The Kier molecular flexibility index (Phi) is 4.86. The number of alkyl halides is 1. The van der Waals surface area contributed by atoms with E-state index >= 15 is 0 Å². The molecular formula is C17H20FN3O3. The number of carbonyl (C=O) groups excluding carboxylic acids is 1. The average Bonchev–Trinajstić information content (AvgIpc) is 2.98. The Bertz CT molecular complexity index is 631. The van der Waals surface area contributed by atoms with Crippen molar-refractivity contribution in [2.24, 2.45) is 5.92 Å². The van der Waals surface area contributed by atoms with Crippen LogP contribution in [0.3, 0.4) is 0 Å². The third-order valence-electron chi connectivity index (χ3n) is 4.61. The van der Waals surface area contributed by atoms with E-state index in [1.165, 1.54) is 4.90 Å². The Morgan fingerprint density at radius 3 is 2.58 bits per heavy atom. The van der Waals surface area contributed by atoms with Crippen molar-refractivity contribution in [3.63, 3.8) is 0 Å². The molecule has 7 heteroatoms. The van der Waals surface area contributed by atoms with Crippen LogP contribution in [0.4, 0.5) is 20.6 Å². The van der Waals surface area contributed by atoms with E-state index in [0.29, 0.717) is 18.7 Å². The summed E-state index contributed by atoms with van der Waals surface area (Å²) in [6.07, 6.45) is -1.29. The molecule has 3 rings (SSSR count). The summed E-state index contributed by atoms with van der Waals surface area (Å²) in [4.78, 5) is 18.5. The zero-order valence-corrected chi connectivity index (χ0v) is 13.3. The molecule has 1 aromatic carbocycles. The molecule has 2 aliphatic heterocycles. The monoisotopic (exact) mass is 333 g/mol. The number of rotatable bonds is 4. The van der Waals surface area contributed by atoms with Crippen LogP contribution in [0.25, 0.3) is 4.85 Å². The van der Waals surface area contributed by atoms with Gasteiger partial charge in [0, 0.05) is 24.5 Å². The molecule has 0 saturated carbocycles. The molecule has 2 saturated heterocycles. The van der Waals surface area contributed by atoms with Crippen LogP contribution in [0.2, 0.25) is 0 Å². The van der Waals surface area contributed by atoms with Gasteiger partial charge in [-0.3, -0.25) is 4.90 Å². The van der Waals surface area contributed by atoms with Gasteiger partial charge >= 0.3 is 6.09 Å². The van der Waals surface area contributed by atoms with Crippen molar-refractivity contribution in [2.75, 3.05) is 42.6 Å². The lowest BCUT2D eigenvalue weighted by atomic mass is 9.94. The van der Waals surface area contributed by atoms with Crippen molar-refractivity contribution >= 4 is 17.5 Å². The largest absolute Gasteiger partial charge is 0.441 e. The molecular weight excluding hydrogens is 313 g/mol. The molecule has 1 N–H and O–H groups in total. The maximum Gasteiger partial charge on any atom is 0.414 e. The molecule has 2 aliphatic rings. The van der Waals surface area contributed by atoms with Gasteiger partial charge < -0.3 is 19.6 Å². The second-order valence-corrected chi connectivity index (χ2v) is 6.17. The zero-order valence-electron chi connectivity index (χ0n) is 13.3. The molecule has 3 atom stereocenters. The Labute approximate surface area is 140 Å². The van der Waals surface area contributed by atoms with Crippen LogP contribution in [0.1, 0.15) is 6.42 Å². The van der Waals surface area contributed by atoms with E-state index in [-0.39, 0.29) is 25.6 Å². The highest BCUT2D eigenvalue weighted by Gasteiger charge is 2.33. The van der Waals surface area contributed by atoms with Crippen molar-refractivity contribution in [3.8, 4) is 0 Å². The number of amides is 1. The maximum absolute atomic E-state index is 14.2. The number of anilines is 2. The molecule has 0 spiro atoms. The number of hydrogen-bond acceptors (Lipinski definition) is 4. The van der Waals surface area contributed by atoms with Gasteiger partial charge in [-0.25, -0.2) is 15.8 Å². The van der Waals surface area contributed by atoms with Crippen LogP contribution in [-0.2, 0) is 4.74 Å². The summed E-state index contributed by atoms with van der Waals surface area (Å²) >= 11 is 0. The van der Waals surface area contributed by atoms with Gasteiger partial charge in [0.15, 0.2) is 0 Å². The van der Waals surface area contributed by atoms with E-state index in [9.17, 15) is 9.18 Å². The Morgan fingerprint density at radius 1 is 1.29 bits per heavy atom. The standard InChI is InChI=1S/C17H20FN3O3/c1-19-8-12-6-7-20(10-16(12)18)13-2-4-14(5-3-13)21-9-15(11-22)24-17(21)23/h2-5,12,15-16,22H,6-11H2/t12?,15-,16?/m1/s1. The van der Waals surface area contributed by atoms with Crippen molar-refractivity contribution in [2.45, 2.75) is 18.7 Å². The molecule has 0 aromatic heterocycles. The summed E-state index contributed by atoms with van der Waals surface area (Å²) in [6, 6.07) is 7.32. The van der Waals surface area contributed by atoms with E-state index in [1.807, 2.05) is 17.0 Å². The number of nitrogens with zero attached hydrogens (tertiary/aromatic N) is 3. The fourth-order valence-corrected chi connectivity index (χ4v) is 3.18. The van der Waals surface area contributed by atoms with Crippen LogP contribution in [0.15, 0.2) is 24.3 Å². The first kappa shape index (κ1) is 16.5. The number of hydrogen-bond donors (Lipinski definition) is 1. The molecule has 2 unspecified atom stereocenters. The summed E-state index contributed by atoms with van der Waals surface area (Å²) in [5, 5.41) is 9.08. The predicted octanol–water partition coefficient (Wildman–Crippen LogP) is 2.09. The van der Waals surface area contributed by atoms with Gasteiger partial charge in [-0.15, -0.1) is 0 Å². The first-order valence-corrected chi connectivity index (χ1v) is 8.03. The molecule has 1 aromatic rings. The zero-order chi connectivity index (χ0) is 17.1. The quantitative estimate of drug-likeness (QED) is 0.857. The molecule has 2 fully saturated rings. The Balaban J connectivity index is 1.65. The van der Waals surface area contributed by atoms with Gasteiger partial charge in [0.25, 0.3) is 0 Å². The minimum atomic E-state index is -0.994. The second-order valence-electron chi connectivity index (χ2n) is 6.17. The Hall–Kier alpha value is -2.33. The molecule has 24 heavy (non-hydrogen) atoms. The van der Waals surface area contributed by atoms with Crippen LogP contribution in [0.5, 0.6) is 0 Å². The first-order valence-electron chi connectivity index (χ1n) is 8.03. The summed E-state index contributed by atoms with van der Waals surface area (Å²) in [7, 11) is 0. The van der Waals surface area contributed by atoms with Gasteiger partial charge in [0.05, 0.1) is 19.1 Å². The van der Waals surface area contributed by atoms with E-state index in [2.05, 4.69) is 4.85 Å². The normalized spacial score (nSPS) is 27.0. The lowest BCUT2D eigenvalue weighted by Gasteiger charge is -2.34. The van der Waals surface area contributed by atoms with Crippen molar-refractivity contribution < 1.29 is 19.0 Å². The molecule has 128 valence electrons. The van der Waals surface area contributed by atoms with Crippen LogP contribution in [0, 0.1) is 12.5 Å². The fraction of sp³-hybridized carbons (Fsp3) is 0.529. The number of halogens is 1. The Morgan fingerprint density at radius 2 is 2.00 bits per heavy atom. The average molecular weight is 333 g/mol. The van der Waals surface area contributed by atoms with E-state index in [0.717, 1.165) is 12.2 Å². The molecule has 6 nitrogen and oxygen atoms in total. The number of benzene rings is 1. The smallest absolute Gasteiger partial charge is 0.414 e. The van der Waals surface area contributed by atoms with Crippen molar-refractivity contribution in [1.82, 2.24) is 0 Å². The van der Waals surface area contributed by atoms with Gasteiger partial charge in [-0.05, 0) is 30.7 Å². The van der Waals surface area contributed by atoms with E-state index in [4.69, 9.17) is 16.4 Å². The highest BCUT2D eigenvalue weighted by molar-refractivity contribution is 5.90. The van der Waals surface area contributed by atoms with Crippen molar-refractivity contribution in [1.29, 1.82) is 0 Å². The number of ether oxygens (including phenoxy) is 1. The highest BCUT2D eigenvalue weighted by atomic mass is 19.1. The fourth-order valence-electron chi connectivity index (χ4n) is 3.18. The lowest BCUT2D eigenvalue weighted by Crippen LogP contribution is -2.42. The van der Waals surface area contributed by atoms with Crippen LogP contribution >= 0.6 is 0 Å². The second kappa shape index (κ2) is 7.05. The first-order chi connectivity index (χ1) is 11.6. The van der Waals surface area contributed by atoms with Gasteiger partial charge in [-0.2, -0.15) is 0 Å². The summed E-state index contributed by atoms with van der Waals surface area (Å²) in [6.45, 7) is 8.26. The number of aliphatic hydroxyl groups is 1. The molecule has 0 aliphatic carbocycles. The van der Waals surface area contributed by atoms with Gasteiger partial charge in [0.1, 0.15) is 12.3 Å². The van der Waals surface area contributed by atoms with Crippen LogP contribution in [-0.4, -0.2) is 56.3 Å². The maximum atomic E-state index is 14.2. The molecule has 0 bridgehead atoms. The SMILES string of the molecule is [C-]#[N+]CC1CCN(c2ccc(N3C[C@H](CO)OC3=O)cc2)CC1F. The van der Waals surface area contributed by atoms with E-state index in [1.54, 1.807) is 12.1 Å². The molecule has 0 radical (unpaired) electrons. The summed E-state index contributed by atoms with van der Waals surface area (Å²) < 4.78 is 19.2. The number of piperidine rings is 1. The van der Waals surface area contributed by atoms with Gasteiger partial charge in [-0.1, -0.05) is 0 Å². The van der Waals surface area contributed by atoms with Crippen LogP contribution < -0.4 is 9.80 Å². The number of aliphatic hydroxyl groups excluding tert-OH is 1. The topological polar surface area (TPSA) is 57.4 Å². The third-order valence-corrected chi connectivity index (χ3v) is 4.61. The highest BCUT2D eigenvalue weighted by Crippen LogP contribution is 2.28. The summed E-state index contributed by atoms with van der Waals surface area (Å²) in [5.41, 5.74) is 1.59. The molecule has 2 heterocycles.